The highest BCUT2D eigenvalue weighted by Crippen LogP contribution is 2.40. The predicted octanol–water partition coefficient (Wildman–Crippen LogP) is 4.26. The number of hydrogen-bond donors (Lipinski definition) is 1. The van der Waals surface area contributed by atoms with E-state index in [2.05, 4.69) is 5.32 Å². The van der Waals surface area contributed by atoms with Gasteiger partial charge in [-0.15, -0.1) is 0 Å². The van der Waals surface area contributed by atoms with Crippen molar-refractivity contribution in [2.75, 3.05) is 10.2 Å². The van der Waals surface area contributed by atoms with E-state index in [1.807, 2.05) is 51.1 Å². The average Bonchev–Trinajstić information content (AvgIpc) is 2.96. The van der Waals surface area contributed by atoms with Gasteiger partial charge in [-0.1, -0.05) is 31.2 Å². The van der Waals surface area contributed by atoms with Crippen molar-refractivity contribution in [3.8, 4) is 0 Å². The second-order valence-corrected chi connectivity index (χ2v) is 7.97. The maximum absolute atomic E-state index is 13.0. The fourth-order valence-electron chi connectivity index (χ4n) is 4.21. The summed E-state index contributed by atoms with van der Waals surface area (Å²) in [6.07, 6.45) is 4.57. The van der Waals surface area contributed by atoms with Gasteiger partial charge < -0.3 is 5.32 Å². The number of allylic oxidation sites excluding steroid dienone is 2. The third-order valence-electron chi connectivity index (χ3n) is 6.00. The second kappa shape index (κ2) is 7.32. The van der Waals surface area contributed by atoms with E-state index in [0.717, 1.165) is 11.1 Å². The van der Waals surface area contributed by atoms with Gasteiger partial charge >= 0.3 is 0 Å². The van der Waals surface area contributed by atoms with E-state index in [9.17, 15) is 14.4 Å². The summed E-state index contributed by atoms with van der Waals surface area (Å²) in [5.74, 6) is -1.23. The fraction of sp³-hybridized carbons (Fsp3) is 0.292. The molecule has 3 amide bonds. The molecular formula is C24H24N2O3. The van der Waals surface area contributed by atoms with Crippen LogP contribution in [0.15, 0.2) is 54.6 Å². The molecule has 29 heavy (non-hydrogen) atoms. The quantitative estimate of drug-likeness (QED) is 0.631. The van der Waals surface area contributed by atoms with E-state index < -0.39 is 0 Å². The molecule has 0 spiro atoms. The molecule has 0 aromatic heterocycles. The molecule has 1 aliphatic heterocycles. The molecule has 0 saturated carbocycles. The molecule has 4 rings (SSSR count). The normalized spacial score (nSPS) is 23.3. The Hall–Kier alpha value is -3.21. The Morgan fingerprint density at radius 3 is 2.55 bits per heavy atom. The number of aryl methyl sites for hydroxylation is 2. The molecule has 1 saturated heterocycles. The highest BCUT2D eigenvalue weighted by molar-refractivity contribution is 6.22. The van der Waals surface area contributed by atoms with Gasteiger partial charge in [0.05, 0.1) is 17.5 Å². The summed E-state index contributed by atoms with van der Waals surface area (Å²) in [6, 6.07) is 12.4. The third-order valence-corrected chi connectivity index (χ3v) is 6.00. The number of hydrogen-bond acceptors (Lipinski definition) is 3. The van der Waals surface area contributed by atoms with Gasteiger partial charge in [-0.25, -0.2) is 0 Å². The number of carbonyl (C=O) groups excluding carboxylic acids is 3. The molecule has 1 N–H and O–H groups in total. The molecule has 2 aliphatic rings. The van der Waals surface area contributed by atoms with Crippen LogP contribution in [-0.4, -0.2) is 17.7 Å². The van der Waals surface area contributed by atoms with Crippen LogP contribution in [-0.2, 0) is 9.59 Å². The number of anilines is 2. The summed E-state index contributed by atoms with van der Waals surface area (Å²) in [7, 11) is 0. The van der Waals surface area contributed by atoms with E-state index >= 15 is 0 Å². The van der Waals surface area contributed by atoms with Gasteiger partial charge in [-0.3, -0.25) is 19.3 Å². The minimum absolute atomic E-state index is 0.0338. The molecule has 1 aliphatic carbocycles. The summed E-state index contributed by atoms with van der Waals surface area (Å²) in [5, 5.41) is 2.89. The number of nitrogens with one attached hydrogen (secondary N) is 1. The first-order valence-corrected chi connectivity index (χ1v) is 9.90. The zero-order valence-electron chi connectivity index (χ0n) is 16.8. The van der Waals surface area contributed by atoms with E-state index in [4.69, 9.17) is 0 Å². The van der Waals surface area contributed by atoms with E-state index in [0.29, 0.717) is 23.4 Å². The number of benzene rings is 2. The predicted molar refractivity (Wildman–Crippen MR) is 113 cm³/mol. The number of carbonyl (C=O) groups is 3. The van der Waals surface area contributed by atoms with Crippen LogP contribution < -0.4 is 10.2 Å². The Bertz CT molecular complexity index is 1040. The van der Waals surface area contributed by atoms with E-state index in [1.165, 1.54) is 4.90 Å². The topological polar surface area (TPSA) is 66.5 Å². The largest absolute Gasteiger partial charge is 0.322 e. The highest BCUT2D eigenvalue weighted by atomic mass is 16.2. The van der Waals surface area contributed by atoms with Crippen molar-refractivity contribution in [2.45, 2.75) is 27.2 Å². The minimum atomic E-state index is -0.319. The van der Waals surface area contributed by atoms with Crippen molar-refractivity contribution in [3.63, 3.8) is 0 Å². The van der Waals surface area contributed by atoms with Crippen LogP contribution in [0.2, 0.25) is 0 Å². The number of amides is 3. The van der Waals surface area contributed by atoms with Crippen LogP contribution in [0.1, 0.15) is 34.8 Å². The molecular weight excluding hydrogens is 364 g/mol. The maximum Gasteiger partial charge on any atom is 0.255 e. The van der Waals surface area contributed by atoms with Crippen LogP contribution in [0.25, 0.3) is 0 Å². The molecule has 0 unspecified atom stereocenters. The SMILES string of the molecule is Cc1ccc(NC(=O)c2cccc(N3C(=O)[C@@H]4[C@H](C)C=CC[C@H]4C3=O)c2)cc1C. The molecule has 5 heteroatoms. The minimum Gasteiger partial charge on any atom is -0.322 e. The molecule has 148 valence electrons. The molecule has 1 heterocycles. The van der Waals surface area contributed by atoms with Crippen molar-refractivity contribution in [2.24, 2.45) is 17.8 Å². The Morgan fingerprint density at radius 2 is 1.83 bits per heavy atom. The molecule has 3 atom stereocenters. The zero-order chi connectivity index (χ0) is 20.7. The Labute approximate surface area is 170 Å². The van der Waals surface area contributed by atoms with Crippen LogP contribution in [0.4, 0.5) is 11.4 Å². The molecule has 1 fully saturated rings. The third kappa shape index (κ3) is 3.37. The van der Waals surface area contributed by atoms with Crippen molar-refractivity contribution >= 4 is 29.1 Å². The maximum atomic E-state index is 13.0. The van der Waals surface area contributed by atoms with E-state index in [1.54, 1.807) is 24.3 Å². The number of rotatable bonds is 3. The van der Waals surface area contributed by atoms with Gasteiger partial charge in [0.2, 0.25) is 11.8 Å². The summed E-state index contributed by atoms with van der Waals surface area (Å²) < 4.78 is 0. The second-order valence-electron chi connectivity index (χ2n) is 7.97. The van der Waals surface area contributed by atoms with Crippen LogP contribution in [0, 0.1) is 31.6 Å². The monoisotopic (exact) mass is 388 g/mol. The van der Waals surface area contributed by atoms with Gasteiger partial charge in [0.25, 0.3) is 5.91 Å². The van der Waals surface area contributed by atoms with Crippen LogP contribution in [0.5, 0.6) is 0 Å². The average molecular weight is 388 g/mol. The number of nitrogens with zero attached hydrogens (tertiary/aromatic N) is 1. The van der Waals surface area contributed by atoms with Crippen LogP contribution in [0.3, 0.4) is 0 Å². The van der Waals surface area contributed by atoms with Gasteiger partial charge in [0.1, 0.15) is 0 Å². The summed E-state index contributed by atoms with van der Waals surface area (Å²) >= 11 is 0. The Balaban J connectivity index is 1.59. The lowest BCUT2D eigenvalue weighted by molar-refractivity contribution is -0.122. The lowest BCUT2D eigenvalue weighted by Gasteiger charge is -2.22. The molecule has 0 bridgehead atoms. The lowest BCUT2D eigenvalue weighted by atomic mass is 9.78. The first-order chi connectivity index (χ1) is 13.9. The number of imide groups is 1. The molecule has 0 radical (unpaired) electrons. The van der Waals surface area contributed by atoms with E-state index in [-0.39, 0.29) is 35.5 Å². The standard InChI is InChI=1S/C24H24N2O3/c1-14-10-11-18(12-16(14)3)25-22(27)17-7-5-8-19(13-17)26-23(28)20-9-4-6-15(2)21(20)24(26)29/h4-8,10-13,15,20-21H,9H2,1-3H3,(H,25,27)/t15-,20-,21-/m1/s1. The zero-order valence-corrected chi connectivity index (χ0v) is 16.8. The van der Waals surface area contributed by atoms with Crippen molar-refractivity contribution in [1.29, 1.82) is 0 Å². The fourth-order valence-corrected chi connectivity index (χ4v) is 4.21. The van der Waals surface area contributed by atoms with Crippen molar-refractivity contribution in [3.05, 3.63) is 71.3 Å². The van der Waals surface area contributed by atoms with Crippen molar-refractivity contribution < 1.29 is 14.4 Å². The summed E-state index contributed by atoms with van der Waals surface area (Å²) in [4.78, 5) is 39.9. The molecule has 2 aromatic rings. The lowest BCUT2D eigenvalue weighted by Crippen LogP contribution is -2.31. The summed E-state index contributed by atoms with van der Waals surface area (Å²) in [5.41, 5.74) is 3.82. The smallest absolute Gasteiger partial charge is 0.255 e. The Morgan fingerprint density at radius 1 is 1.03 bits per heavy atom. The first-order valence-electron chi connectivity index (χ1n) is 9.90. The van der Waals surface area contributed by atoms with Crippen molar-refractivity contribution in [1.82, 2.24) is 0 Å². The first kappa shape index (κ1) is 19.1. The van der Waals surface area contributed by atoms with Crippen LogP contribution >= 0.6 is 0 Å². The van der Waals surface area contributed by atoms with Gasteiger partial charge in [-0.05, 0) is 67.6 Å². The molecule has 5 nitrogen and oxygen atoms in total. The van der Waals surface area contributed by atoms with Gasteiger partial charge in [-0.2, -0.15) is 0 Å². The Kier molecular flexibility index (Phi) is 4.82. The van der Waals surface area contributed by atoms with Gasteiger partial charge in [0, 0.05) is 11.3 Å². The summed E-state index contributed by atoms with van der Waals surface area (Å²) in [6.45, 7) is 5.98. The van der Waals surface area contributed by atoms with Gasteiger partial charge in [0.15, 0.2) is 0 Å². The molecule has 2 aromatic carbocycles. The highest BCUT2D eigenvalue weighted by Gasteiger charge is 2.50. The number of fused-ring (bicyclic) bond motifs is 1.